The summed E-state index contributed by atoms with van der Waals surface area (Å²) >= 11 is 0. The number of amides is 2. The molecule has 0 aliphatic rings. The van der Waals surface area contributed by atoms with Crippen molar-refractivity contribution in [1.29, 1.82) is 0 Å². The molecule has 0 saturated carbocycles. The van der Waals surface area contributed by atoms with Crippen LogP contribution < -0.4 is 20.5 Å². The quantitative estimate of drug-likeness (QED) is 0.666. The summed E-state index contributed by atoms with van der Waals surface area (Å²) in [5, 5.41) is 15.8. The van der Waals surface area contributed by atoms with E-state index in [1.54, 1.807) is 61.7 Å². The minimum atomic E-state index is -1.28. The number of nitrogens with one attached hydrogen (secondary N) is 2. The van der Waals surface area contributed by atoms with E-state index >= 15 is 0 Å². The van der Waals surface area contributed by atoms with Gasteiger partial charge in [-0.3, -0.25) is 9.59 Å². The minimum absolute atomic E-state index is 0.00998. The van der Waals surface area contributed by atoms with Gasteiger partial charge in [-0.25, -0.2) is 0 Å². The number of carboxylic acid groups (broad SMARTS) is 1. The van der Waals surface area contributed by atoms with Gasteiger partial charge in [0.15, 0.2) is 0 Å². The van der Waals surface area contributed by atoms with Crippen molar-refractivity contribution in [2.45, 2.75) is 19.4 Å². The fourth-order valence-electron chi connectivity index (χ4n) is 2.41. The largest absolute Gasteiger partial charge is 0.550 e. The van der Waals surface area contributed by atoms with Crippen molar-refractivity contribution in [3.8, 4) is 5.75 Å². The molecule has 2 rings (SSSR count). The highest BCUT2D eigenvalue weighted by Gasteiger charge is 2.16. The van der Waals surface area contributed by atoms with Crippen LogP contribution in [0.2, 0.25) is 0 Å². The fourth-order valence-corrected chi connectivity index (χ4v) is 2.41. The number of carbonyl (C=O) groups is 3. The third-order valence-electron chi connectivity index (χ3n) is 3.81. The van der Waals surface area contributed by atoms with E-state index in [2.05, 4.69) is 10.6 Å². The summed E-state index contributed by atoms with van der Waals surface area (Å²) in [6.07, 6.45) is 1.16. The summed E-state index contributed by atoms with van der Waals surface area (Å²) in [7, 11) is 1.54. The molecule has 0 bridgehead atoms. The van der Waals surface area contributed by atoms with Gasteiger partial charge >= 0.3 is 0 Å². The lowest BCUT2D eigenvalue weighted by atomic mass is 10.1. The zero-order valence-electron chi connectivity index (χ0n) is 15.6. The number of hydrogen-bond donors (Lipinski definition) is 2. The monoisotopic (exact) mass is 381 g/mol. The van der Waals surface area contributed by atoms with Gasteiger partial charge in [0.25, 0.3) is 11.8 Å². The third kappa shape index (κ3) is 6.28. The fraction of sp³-hybridized carbons (Fsp3) is 0.190. The van der Waals surface area contributed by atoms with Crippen LogP contribution in [0.15, 0.2) is 60.3 Å². The van der Waals surface area contributed by atoms with Crippen LogP contribution in [0, 0.1) is 0 Å². The molecule has 1 atom stereocenters. The number of aliphatic carboxylic acids is 1. The Bertz CT molecular complexity index is 860. The molecule has 7 heteroatoms. The molecule has 0 fully saturated rings. The molecule has 0 spiro atoms. The summed E-state index contributed by atoms with van der Waals surface area (Å²) in [5.74, 6) is -1.68. The molecule has 2 aromatic carbocycles. The van der Waals surface area contributed by atoms with E-state index in [1.807, 2.05) is 0 Å². The number of carbonyl (C=O) groups excluding carboxylic acids is 3. The second-order valence-corrected chi connectivity index (χ2v) is 6.10. The first kappa shape index (κ1) is 20.7. The number of hydrogen-bond acceptors (Lipinski definition) is 5. The summed E-state index contributed by atoms with van der Waals surface area (Å²) in [5.41, 5.74) is 1.04. The van der Waals surface area contributed by atoms with Crippen LogP contribution in [0.4, 0.5) is 0 Å². The predicted octanol–water partition coefficient (Wildman–Crippen LogP) is 1.11. The standard InChI is InChI=1S/C21H22N2O5/c1-14(12-19(24)25)22-21(27)18(13-15-8-10-17(28-2)11-9-15)23-20(26)16-6-4-3-5-7-16/h3-11,13-14H,12H2,1-2H3,(H,22,27)(H,23,26)(H,24,25)/p-1/b18-13+/t14-/m0/s1. The van der Waals surface area contributed by atoms with E-state index in [0.717, 1.165) is 0 Å². The van der Waals surface area contributed by atoms with Gasteiger partial charge in [0, 0.05) is 24.0 Å². The van der Waals surface area contributed by atoms with Crippen molar-refractivity contribution < 1.29 is 24.2 Å². The van der Waals surface area contributed by atoms with Gasteiger partial charge in [-0.15, -0.1) is 0 Å². The lowest BCUT2D eigenvalue weighted by molar-refractivity contribution is -0.306. The Morgan fingerprint density at radius 2 is 1.71 bits per heavy atom. The molecule has 0 aliphatic carbocycles. The normalized spacial score (nSPS) is 12.0. The zero-order chi connectivity index (χ0) is 20.5. The van der Waals surface area contributed by atoms with Gasteiger partial charge in [0.05, 0.1) is 7.11 Å². The molecule has 0 aliphatic heterocycles. The minimum Gasteiger partial charge on any atom is -0.550 e. The van der Waals surface area contributed by atoms with Crippen molar-refractivity contribution in [3.63, 3.8) is 0 Å². The Morgan fingerprint density at radius 3 is 2.29 bits per heavy atom. The van der Waals surface area contributed by atoms with Crippen molar-refractivity contribution >= 4 is 23.9 Å². The first-order chi connectivity index (χ1) is 13.4. The van der Waals surface area contributed by atoms with Crippen LogP contribution in [0.25, 0.3) is 6.08 Å². The van der Waals surface area contributed by atoms with Crippen LogP contribution in [0.5, 0.6) is 5.75 Å². The molecule has 0 saturated heterocycles. The lowest BCUT2D eigenvalue weighted by Crippen LogP contribution is -2.41. The first-order valence-corrected chi connectivity index (χ1v) is 8.62. The van der Waals surface area contributed by atoms with E-state index in [1.165, 1.54) is 13.0 Å². The van der Waals surface area contributed by atoms with E-state index in [-0.39, 0.29) is 12.1 Å². The van der Waals surface area contributed by atoms with E-state index in [4.69, 9.17) is 4.74 Å². The van der Waals surface area contributed by atoms with Crippen molar-refractivity contribution in [2.75, 3.05) is 7.11 Å². The first-order valence-electron chi connectivity index (χ1n) is 8.62. The van der Waals surface area contributed by atoms with E-state index in [9.17, 15) is 19.5 Å². The molecule has 7 nitrogen and oxygen atoms in total. The van der Waals surface area contributed by atoms with E-state index < -0.39 is 23.8 Å². The SMILES string of the molecule is COc1ccc(/C=C(/NC(=O)c2ccccc2)C(=O)N[C@@H](C)CC(=O)[O-])cc1. The van der Waals surface area contributed by atoms with Crippen LogP contribution >= 0.6 is 0 Å². The van der Waals surface area contributed by atoms with Gasteiger partial charge in [-0.05, 0) is 42.8 Å². The average molecular weight is 381 g/mol. The second kappa shape index (κ2) is 9.91. The lowest BCUT2D eigenvalue weighted by Gasteiger charge is -2.16. The molecule has 0 radical (unpaired) electrons. The smallest absolute Gasteiger partial charge is 0.268 e. The number of rotatable bonds is 8. The maximum absolute atomic E-state index is 12.6. The summed E-state index contributed by atoms with van der Waals surface area (Å²) < 4.78 is 5.10. The van der Waals surface area contributed by atoms with Crippen molar-refractivity contribution in [3.05, 3.63) is 71.4 Å². The molecule has 2 N–H and O–H groups in total. The van der Waals surface area contributed by atoms with Gasteiger partial charge < -0.3 is 25.3 Å². The highest BCUT2D eigenvalue weighted by Crippen LogP contribution is 2.14. The summed E-state index contributed by atoms with van der Waals surface area (Å²) in [4.78, 5) is 35.8. The summed E-state index contributed by atoms with van der Waals surface area (Å²) in [6.45, 7) is 1.54. The zero-order valence-corrected chi connectivity index (χ0v) is 15.6. The summed E-state index contributed by atoms with van der Waals surface area (Å²) in [6, 6.07) is 14.7. The molecule has 146 valence electrons. The molecule has 0 heterocycles. The van der Waals surface area contributed by atoms with E-state index in [0.29, 0.717) is 16.9 Å². The Balaban J connectivity index is 2.25. The molecular weight excluding hydrogens is 360 g/mol. The molecule has 0 aromatic heterocycles. The van der Waals surface area contributed by atoms with Gasteiger partial charge in [0.2, 0.25) is 0 Å². The van der Waals surface area contributed by atoms with Gasteiger partial charge in [-0.1, -0.05) is 30.3 Å². The van der Waals surface area contributed by atoms with Crippen LogP contribution in [-0.4, -0.2) is 30.9 Å². The van der Waals surface area contributed by atoms with Crippen LogP contribution in [0.1, 0.15) is 29.3 Å². The van der Waals surface area contributed by atoms with Gasteiger partial charge in [-0.2, -0.15) is 0 Å². The Kier molecular flexibility index (Phi) is 7.33. The predicted molar refractivity (Wildman–Crippen MR) is 102 cm³/mol. The maximum atomic E-state index is 12.6. The number of methoxy groups -OCH3 is 1. The number of ether oxygens (including phenoxy) is 1. The topological polar surface area (TPSA) is 108 Å². The van der Waals surface area contributed by atoms with Crippen LogP contribution in [0.3, 0.4) is 0 Å². The molecular formula is C21H21N2O5-. The maximum Gasteiger partial charge on any atom is 0.268 e. The Hall–Kier alpha value is -3.61. The number of benzene rings is 2. The Labute approximate surface area is 163 Å². The highest BCUT2D eigenvalue weighted by molar-refractivity contribution is 6.05. The Morgan fingerprint density at radius 1 is 1.07 bits per heavy atom. The second-order valence-electron chi connectivity index (χ2n) is 6.10. The third-order valence-corrected chi connectivity index (χ3v) is 3.81. The average Bonchev–Trinajstić information content (AvgIpc) is 2.67. The van der Waals surface area contributed by atoms with Crippen molar-refractivity contribution in [2.24, 2.45) is 0 Å². The molecule has 0 unspecified atom stereocenters. The van der Waals surface area contributed by atoms with Crippen molar-refractivity contribution in [1.82, 2.24) is 10.6 Å². The number of carboxylic acids is 1. The molecule has 2 amide bonds. The molecule has 28 heavy (non-hydrogen) atoms. The molecule has 2 aromatic rings. The highest BCUT2D eigenvalue weighted by atomic mass is 16.5. The van der Waals surface area contributed by atoms with Gasteiger partial charge in [0.1, 0.15) is 11.4 Å². The van der Waals surface area contributed by atoms with Crippen LogP contribution in [-0.2, 0) is 9.59 Å².